The first kappa shape index (κ1) is 14.4. The number of rotatable bonds is 4. The highest BCUT2D eigenvalue weighted by Gasteiger charge is 2.06. The van der Waals surface area contributed by atoms with Crippen molar-refractivity contribution >= 4 is 23.6 Å². The van der Waals surface area contributed by atoms with Crippen LogP contribution < -0.4 is 5.11 Å². The predicted octanol–water partition coefficient (Wildman–Crippen LogP) is 2.02. The highest BCUT2D eigenvalue weighted by atomic mass is 16.6. The summed E-state index contributed by atoms with van der Waals surface area (Å²) in [7, 11) is 0. The Labute approximate surface area is 120 Å². The highest BCUT2D eigenvalue weighted by molar-refractivity contribution is 5.88. The van der Waals surface area contributed by atoms with Crippen molar-refractivity contribution in [3.63, 3.8) is 0 Å². The van der Waals surface area contributed by atoms with Crippen LogP contribution in [0, 0.1) is 17.0 Å². The number of carbonyl (C=O) groups excluding carboxylic acids is 1. The number of aliphatic imine (C=N–C) groups is 1. The lowest BCUT2D eigenvalue weighted by Crippen LogP contribution is -2.21. The predicted molar refractivity (Wildman–Crippen MR) is 75.9 cm³/mol. The van der Waals surface area contributed by atoms with E-state index in [2.05, 4.69) is 4.99 Å². The number of hydrogen-bond donors (Lipinski definition) is 0. The molecule has 2 aromatic rings. The minimum Gasteiger partial charge on any atom is -0.545 e. The number of carboxylic acids is 1. The van der Waals surface area contributed by atoms with E-state index in [4.69, 9.17) is 0 Å². The van der Waals surface area contributed by atoms with Gasteiger partial charge in [-0.2, -0.15) is 0 Å². The maximum Gasteiger partial charge on any atom is 0.269 e. The molecule has 6 nitrogen and oxygen atoms in total. The van der Waals surface area contributed by atoms with Gasteiger partial charge in [0.1, 0.15) is 0 Å². The van der Waals surface area contributed by atoms with Crippen molar-refractivity contribution in [1.82, 2.24) is 0 Å². The fourth-order valence-corrected chi connectivity index (χ4v) is 1.75. The summed E-state index contributed by atoms with van der Waals surface area (Å²) in [6.45, 7) is 1.73. The van der Waals surface area contributed by atoms with E-state index in [1.807, 2.05) is 0 Å². The number of carboxylic acid groups (broad SMARTS) is 1. The van der Waals surface area contributed by atoms with Gasteiger partial charge in [0.25, 0.3) is 5.69 Å². The molecule has 2 rings (SSSR count). The number of aromatic carboxylic acids is 1. The van der Waals surface area contributed by atoms with Crippen LogP contribution >= 0.6 is 0 Å². The standard InChI is InChI=1S/C15H12N2O4/c1-10-8-13(17(20)21)6-7-14(10)16-9-11-2-4-12(5-3-11)15(18)19/h2-9H,1H3,(H,18,19)/p-1. The van der Waals surface area contributed by atoms with Crippen molar-refractivity contribution < 1.29 is 14.8 Å². The lowest BCUT2D eigenvalue weighted by molar-refractivity contribution is -0.384. The first-order valence-electron chi connectivity index (χ1n) is 6.08. The Bertz CT molecular complexity index is 721. The van der Waals surface area contributed by atoms with Gasteiger partial charge in [-0.1, -0.05) is 24.3 Å². The number of nitro benzene ring substituents is 1. The number of carbonyl (C=O) groups is 1. The van der Waals surface area contributed by atoms with Gasteiger partial charge in [-0.05, 0) is 29.7 Å². The van der Waals surface area contributed by atoms with Crippen molar-refractivity contribution in [2.45, 2.75) is 6.92 Å². The second-order valence-corrected chi connectivity index (χ2v) is 4.40. The van der Waals surface area contributed by atoms with Crippen LogP contribution in [0.15, 0.2) is 47.5 Å². The first-order valence-corrected chi connectivity index (χ1v) is 6.08. The van der Waals surface area contributed by atoms with Gasteiger partial charge in [0.2, 0.25) is 0 Å². The van der Waals surface area contributed by atoms with Crippen molar-refractivity contribution in [2.24, 2.45) is 4.99 Å². The van der Waals surface area contributed by atoms with Gasteiger partial charge >= 0.3 is 0 Å². The summed E-state index contributed by atoms with van der Waals surface area (Å²) in [6.07, 6.45) is 1.56. The molecule has 0 aliphatic heterocycles. The Morgan fingerprint density at radius 3 is 2.38 bits per heavy atom. The lowest BCUT2D eigenvalue weighted by Gasteiger charge is -2.02. The maximum atomic E-state index is 10.6. The average Bonchev–Trinajstić information content (AvgIpc) is 2.46. The summed E-state index contributed by atoms with van der Waals surface area (Å²) < 4.78 is 0. The van der Waals surface area contributed by atoms with Crippen LogP contribution in [0.25, 0.3) is 0 Å². The summed E-state index contributed by atoms with van der Waals surface area (Å²) in [5, 5.41) is 21.3. The van der Waals surface area contributed by atoms with Crippen LogP contribution in [-0.2, 0) is 0 Å². The van der Waals surface area contributed by atoms with E-state index < -0.39 is 10.9 Å². The van der Waals surface area contributed by atoms with Gasteiger partial charge in [0.15, 0.2) is 0 Å². The zero-order chi connectivity index (χ0) is 15.4. The Morgan fingerprint density at radius 1 is 1.19 bits per heavy atom. The molecule has 21 heavy (non-hydrogen) atoms. The number of aryl methyl sites for hydroxylation is 1. The van der Waals surface area contributed by atoms with E-state index in [9.17, 15) is 20.0 Å². The molecule has 0 saturated heterocycles. The second-order valence-electron chi connectivity index (χ2n) is 4.40. The van der Waals surface area contributed by atoms with Gasteiger partial charge in [-0.15, -0.1) is 0 Å². The van der Waals surface area contributed by atoms with E-state index in [-0.39, 0.29) is 11.3 Å². The smallest absolute Gasteiger partial charge is 0.269 e. The van der Waals surface area contributed by atoms with E-state index in [1.165, 1.54) is 24.3 Å². The summed E-state index contributed by atoms with van der Waals surface area (Å²) in [6, 6.07) is 10.5. The molecular weight excluding hydrogens is 272 g/mol. The van der Waals surface area contributed by atoms with E-state index in [0.29, 0.717) is 11.3 Å². The monoisotopic (exact) mass is 283 g/mol. The zero-order valence-electron chi connectivity index (χ0n) is 11.1. The molecule has 0 aromatic heterocycles. The number of hydrogen-bond acceptors (Lipinski definition) is 5. The average molecular weight is 283 g/mol. The van der Waals surface area contributed by atoms with Gasteiger partial charge in [-0.3, -0.25) is 15.1 Å². The van der Waals surface area contributed by atoms with Crippen molar-refractivity contribution in [1.29, 1.82) is 0 Å². The molecule has 0 fully saturated rings. The van der Waals surface area contributed by atoms with Crippen molar-refractivity contribution in [3.05, 3.63) is 69.3 Å². The summed E-state index contributed by atoms with van der Waals surface area (Å²) >= 11 is 0. The fraction of sp³-hybridized carbons (Fsp3) is 0.0667. The van der Waals surface area contributed by atoms with Gasteiger partial charge in [0.05, 0.1) is 16.6 Å². The molecule has 2 aromatic carbocycles. The fourth-order valence-electron chi connectivity index (χ4n) is 1.75. The minimum atomic E-state index is -1.23. The Kier molecular flexibility index (Phi) is 4.08. The van der Waals surface area contributed by atoms with Crippen LogP contribution in [0.1, 0.15) is 21.5 Å². The SMILES string of the molecule is Cc1cc([N+](=O)[O-])ccc1N=Cc1ccc(C(=O)[O-])cc1. The van der Waals surface area contributed by atoms with Crippen molar-refractivity contribution in [3.8, 4) is 0 Å². The zero-order valence-corrected chi connectivity index (χ0v) is 11.1. The molecule has 0 saturated carbocycles. The third kappa shape index (κ3) is 3.50. The van der Waals surface area contributed by atoms with Gasteiger partial charge in [-0.25, -0.2) is 0 Å². The molecule has 0 spiro atoms. The number of nitro groups is 1. The van der Waals surface area contributed by atoms with E-state index in [0.717, 1.165) is 5.56 Å². The van der Waals surface area contributed by atoms with Gasteiger partial charge in [0, 0.05) is 18.3 Å². The molecular formula is C15H11N2O4-. The summed E-state index contributed by atoms with van der Waals surface area (Å²) in [5.41, 5.74) is 2.14. The molecule has 0 aliphatic carbocycles. The van der Waals surface area contributed by atoms with E-state index >= 15 is 0 Å². The van der Waals surface area contributed by atoms with Crippen LogP contribution in [0.4, 0.5) is 11.4 Å². The van der Waals surface area contributed by atoms with Crippen molar-refractivity contribution in [2.75, 3.05) is 0 Å². The number of nitrogens with zero attached hydrogens (tertiary/aromatic N) is 2. The third-order valence-electron chi connectivity index (χ3n) is 2.89. The van der Waals surface area contributed by atoms with Gasteiger partial charge < -0.3 is 9.90 Å². The van der Waals surface area contributed by atoms with Crippen LogP contribution in [0.2, 0.25) is 0 Å². The normalized spacial score (nSPS) is 10.7. The molecule has 0 radical (unpaired) electrons. The molecule has 0 aliphatic rings. The molecule has 0 N–H and O–H groups in total. The van der Waals surface area contributed by atoms with Crippen LogP contribution in [0.3, 0.4) is 0 Å². The summed E-state index contributed by atoms with van der Waals surface area (Å²) in [5.74, 6) is -1.23. The molecule has 0 amide bonds. The molecule has 106 valence electrons. The molecule has 6 heteroatoms. The Hall–Kier alpha value is -3.02. The topological polar surface area (TPSA) is 95.6 Å². The first-order chi connectivity index (χ1) is 9.97. The minimum absolute atomic E-state index is 0.0183. The Balaban J connectivity index is 2.21. The number of non-ortho nitro benzene ring substituents is 1. The molecule has 0 bridgehead atoms. The molecule has 0 unspecified atom stereocenters. The van der Waals surface area contributed by atoms with E-state index in [1.54, 1.807) is 31.3 Å². The van der Waals surface area contributed by atoms with Crippen LogP contribution in [-0.4, -0.2) is 17.1 Å². The third-order valence-corrected chi connectivity index (χ3v) is 2.89. The lowest BCUT2D eigenvalue weighted by atomic mass is 10.1. The highest BCUT2D eigenvalue weighted by Crippen LogP contribution is 2.23. The van der Waals surface area contributed by atoms with Crippen LogP contribution in [0.5, 0.6) is 0 Å². The quantitative estimate of drug-likeness (QED) is 0.487. The Morgan fingerprint density at radius 2 is 1.86 bits per heavy atom. The summed E-state index contributed by atoms with van der Waals surface area (Å²) in [4.78, 5) is 25.0. The maximum absolute atomic E-state index is 10.6. The second kappa shape index (κ2) is 5.96. The molecule has 0 heterocycles. The molecule has 0 atom stereocenters. The largest absolute Gasteiger partial charge is 0.545 e. The number of benzene rings is 2.